The Morgan fingerprint density at radius 2 is 1.77 bits per heavy atom. The highest BCUT2D eigenvalue weighted by molar-refractivity contribution is 7.88. The second kappa shape index (κ2) is 7.58. The third-order valence-electron chi connectivity index (χ3n) is 4.99. The summed E-state index contributed by atoms with van der Waals surface area (Å²) < 4.78 is 24.7. The Kier molecular flexibility index (Phi) is 5.42. The van der Waals surface area contributed by atoms with E-state index in [1.54, 1.807) is 6.07 Å². The van der Waals surface area contributed by atoms with E-state index in [2.05, 4.69) is 6.07 Å². The van der Waals surface area contributed by atoms with Gasteiger partial charge < -0.3 is 5.11 Å². The number of piperidine rings is 1. The third kappa shape index (κ3) is 4.13. The molecule has 0 aliphatic carbocycles. The minimum absolute atomic E-state index is 0.0563. The Balaban J connectivity index is 1.70. The SMILES string of the molecule is CS(=O)(=O)N1CCC(C(O)c2ccc(-c3cccc(C#N)c3)cc2)CC1. The van der Waals surface area contributed by atoms with Crippen LogP contribution in [0.2, 0.25) is 0 Å². The first kappa shape index (κ1) is 18.6. The second-order valence-electron chi connectivity index (χ2n) is 6.76. The van der Waals surface area contributed by atoms with Gasteiger partial charge in [-0.25, -0.2) is 12.7 Å². The normalized spacial score (nSPS) is 17.6. The molecule has 1 atom stereocenters. The lowest BCUT2D eigenvalue weighted by molar-refractivity contribution is 0.0762. The first-order valence-electron chi connectivity index (χ1n) is 8.62. The van der Waals surface area contributed by atoms with Crippen LogP contribution >= 0.6 is 0 Å². The fraction of sp³-hybridized carbons (Fsp3) is 0.350. The highest BCUT2D eigenvalue weighted by atomic mass is 32.2. The zero-order valence-corrected chi connectivity index (χ0v) is 15.5. The summed E-state index contributed by atoms with van der Waals surface area (Å²) in [5, 5.41) is 19.7. The van der Waals surface area contributed by atoms with Crippen LogP contribution in [-0.2, 0) is 10.0 Å². The molecule has 0 bridgehead atoms. The molecule has 0 spiro atoms. The Bertz CT molecular complexity index is 909. The molecule has 1 unspecified atom stereocenters. The molecule has 136 valence electrons. The third-order valence-corrected chi connectivity index (χ3v) is 6.29. The Morgan fingerprint density at radius 3 is 2.35 bits per heavy atom. The summed E-state index contributed by atoms with van der Waals surface area (Å²) in [5.74, 6) is 0.0563. The summed E-state index contributed by atoms with van der Waals surface area (Å²) in [5.41, 5.74) is 3.41. The minimum Gasteiger partial charge on any atom is -0.388 e. The molecule has 0 amide bonds. The standard InChI is InChI=1S/C20H22N2O3S/c1-26(24,25)22-11-9-18(10-12-22)20(23)17-7-5-16(6-8-17)19-4-2-3-15(13-19)14-21/h2-8,13,18,20,23H,9-12H2,1H3. The molecule has 5 nitrogen and oxygen atoms in total. The van der Waals surface area contributed by atoms with Crippen LogP contribution < -0.4 is 0 Å². The van der Waals surface area contributed by atoms with Gasteiger partial charge in [-0.05, 0) is 47.6 Å². The van der Waals surface area contributed by atoms with Gasteiger partial charge in [-0.1, -0.05) is 36.4 Å². The van der Waals surface area contributed by atoms with Crippen LogP contribution in [0, 0.1) is 17.2 Å². The predicted molar refractivity (Wildman–Crippen MR) is 101 cm³/mol. The smallest absolute Gasteiger partial charge is 0.211 e. The van der Waals surface area contributed by atoms with E-state index < -0.39 is 16.1 Å². The van der Waals surface area contributed by atoms with Crippen molar-refractivity contribution < 1.29 is 13.5 Å². The van der Waals surface area contributed by atoms with E-state index in [4.69, 9.17) is 5.26 Å². The van der Waals surface area contributed by atoms with E-state index >= 15 is 0 Å². The van der Waals surface area contributed by atoms with Crippen LogP contribution in [0.15, 0.2) is 48.5 Å². The number of rotatable bonds is 4. The van der Waals surface area contributed by atoms with Gasteiger partial charge in [-0.2, -0.15) is 5.26 Å². The molecule has 0 aromatic heterocycles. The topological polar surface area (TPSA) is 81.4 Å². The molecule has 1 aliphatic heterocycles. The number of sulfonamides is 1. The van der Waals surface area contributed by atoms with Crippen LogP contribution in [-0.4, -0.2) is 37.2 Å². The molecule has 3 rings (SSSR count). The Morgan fingerprint density at radius 1 is 1.12 bits per heavy atom. The molecular formula is C20H22N2O3S. The minimum atomic E-state index is -3.15. The molecular weight excluding hydrogens is 348 g/mol. The van der Waals surface area contributed by atoms with E-state index in [0.29, 0.717) is 31.5 Å². The van der Waals surface area contributed by atoms with Gasteiger partial charge in [0.25, 0.3) is 0 Å². The van der Waals surface area contributed by atoms with Gasteiger partial charge in [0, 0.05) is 13.1 Å². The number of nitrogens with zero attached hydrogens (tertiary/aromatic N) is 2. The van der Waals surface area contributed by atoms with Crippen molar-refractivity contribution in [2.75, 3.05) is 19.3 Å². The number of hydrogen-bond donors (Lipinski definition) is 1. The van der Waals surface area contributed by atoms with Crippen molar-refractivity contribution in [3.05, 3.63) is 59.7 Å². The van der Waals surface area contributed by atoms with Crippen LogP contribution in [0.1, 0.15) is 30.1 Å². The van der Waals surface area contributed by atoms with Gasteiger partial charge in [0.2, 0.25) is 10.0 Å². The molecule has 6 heteroatoms. The summed E-state index contributed by atoms with van der Waals surface area (Å²) in [4.78, 5) is 0. The van der Waals surface area contributed by atoms with Crippen LogP contribution in [0.4, 0.5) is 0 Å². The number of aliphatic hydroxyl groups is 1. The molecule has 2 aromatic carbocycles. The molecule has 2 aromatic rings. The van der Waals surface area contributed by atoms with E-state index in [1.807, 2.05) is 42.5 Å². The van der Waals surface area contributed by atoms with Crippen molar-refractivity contribution in [2.45, 2.75) is 18.9 Å². The second-order valence-corrected chi connectivity index (χ2v) is 8.74. The lowest BCUT2D eigenvalue weighted by Gasteiger charge is -2.33. The zero-order chi connectivity index (χ0) is 18.7. The maximum Gasteiger partial charge on any atom is 0.211 e. The van der Waals surface area contributed by atoms with Crippen molar-refractivity contribution in [3.8, 4) is 17.2 Å². The fourth-order valence-corrected chi connectivity index (χ4v) is 4.31. The number of aliphatic hydroxyl groups excluding tert-OH is 1. The lowest BCUT2D eigenvalue weighted by Crippen LogP contribution is -2.39. The molecule has 26 heavy (non-hydrogen) atoms. The molecule has 1 aliphatic rings. The van der Waals surface area contributed by atoms with E-state index in [0.717, 1.165) is 16.7 Å². The molecule has 0 saturated carbocycles. The summed E-state index contributed by atoms with van der Waals surface area (Å²) in [6.45, 7) is 0.916. The van der Waals surface area contributed by atoms with Crippen LogP contribution in [0.3, 0.4) is 0 Å². The molecule has 1 heterocycles. The molecule has 1 N–H and O–H groups in total. The van der Waals surface area contributed by atoms with Crippen molar-refractivity contribution >= 4 is 10.0 Å². The molecule has 1 saturated heterocycles. The first-order chi connectivity index (χ1) is 12.4. The van der Waals surface area contributed by atoms with Gasteiger partial charge in [-0.15, -0.1) is 0 Å². The van der Waals surface area contributed by atoms with Crippen molar-refractivity contribution in [1.29, 1.82) is 5.26 Å². The molecule has 0 radical (unpaired) electrons. The van der Waals surface area contributed by atoms with E-state index in [1.165, 1.54) is 10.6 Å². The lowest BCUT2D eigenvalue weighted by atomic mass is 9.87. The fourth-order valence-electron chi connectivity index (χ4n) is 3.44. The summed E-state index contributed by atoms with van der Waals surface area (Å²) >= 11 is 0. The highest BCUT2D eigenvalue weighted by Gasteiger charge is 2.29. The average Bonchev–Trinajstić information content (AvgIpc) is 2.67. The molecule has 1 fully saturated rings. The Labute approximate surface area is 154 Å². The summed E-state index contributed by atoms with van der Waals surface area (Å²) in [6.07, 6.45) is 1.93. The van der Waals surface area contributed by atoms with Gasteiger partial charge in [0.05, 0.1) is 24.0 Å². The highest BCUT2D eigenvalue weighted by Crippen LogP contribution is 2.32. The van der Waals surface area contributed by atoms with Gasteiger partial charge in [0.1, 0.15) is 0 Å². The maximum absolute atomic E-state index is 11.6. The van der Waals surface area contributed by atoms with Gasteiger partial charge in [-0.3, -0.25) is 0 Å². The predicted octanol–water partition coefficient (Wildman–Crippen LogP) is 2.93. The van der Waals surface area contributed by atoms with Crippen molar-refractivity contribution in [3.63, 3.8) is 0 Å². The van der Waals surface area contributed by atoms with E-state index in [9.17, 15) is 13.5 Å². The monoisotopic (exact) mass is 370 g/mol. The Hall–Kier alpha value is -2.20. The quantitative estimate of drug-likeness (QED) is 0.897. The summed E-state index contributed by atoms with van der Waals surface area (Å²) in [7, 11) is -3.15. The maximum atomic E-state index is 11.6. The van der Waals surface area contributed by atoms with Crippen LogP contribution in [0.25, 0.3) is 11.1 Å². The van der Waals surface area contributed by atoms with Crippen molar-refractivity contribution in [2.24, 2.45) is 5.92 Å². The first-order valence-corrected chi connectivity index (χ1v) is 10.5. The van der Waals surface area contributed by atoms with Crippen molar-refractivity contribution in [1.82, 2.24) is 4.31 Å². The largest absolute Gasteiger partial charge is 0.388 e. The van der Waals surface area contributed by atoms with Gasteiger partial charge in [0.15, 0.2) is 0 Å². The number of hydrogen-bond acceptors (Lipinski definition) is 4. The van der Waals surface area contributed by atoms with E-state index in [-0.39, 0.29) is 5.92 Å². The zero-order valence-electron chi connectivity index (χ0n) is 14.7. The summed E-state index contributed by atoms with van der Waals surface area (Å²) in [6, 6.07) is 17.2. The van der Waals surface area contributed by atoms with Crippen LogP contribution in [0.5, 0.6) is 0 Å². The average molecular weight is 370 g/mol. The van der Waals surface area contributed by atoms with Gasteiger partial charge >= 0.3 is 0 Å². The number of nitriles is 1. The number of benzene rings is 2.